The summed E-state index contributed by atoms with van der Waals surface area (Å²) >= 11 is 6.28. The van der Waals surface area contributed by atoms with Gasteiger partial charge < -0.3 is 10.1 Å². The number of carbonyl (C=O) groups is 2. The molecule has 1 saturated carbocycles. The van der Waals surface area contributed by atoms with Crippen LogP contribution in [-0.2, 0) is 4.79 Å². The van der Waals surface area contributed by atoms with Gasteiger partial charge in [-0.15, -0.1) is 0 Å². The summed E-state index contributed by atoms with van der Waals surface area (Å²) < 4.78 is 5.21. The largest absolute Gasteiger partial charge is 0.495 e. The van der Waals surface area contributed by atoms with Crippen molar-refractivity contribution in [3.63, 3.8) is 0 Å². The summed E-state index contributed by atoms with van der Waals surface area (Å²) in [5.41, 5.74) is 1.46. The van der Waals surface area contributed by atoms with Crippen LogP contribution in [0.5, 0.6) is 5.75 Å². The molecule has 2 unspecified atom stereocenters. The number of Topliss-reactive ketones (excluding diaryl/α,β-unsaturated/α-hetero) is 1. The lowest BCUT2D eigenvalue weighted by Gasteiger charge is -2.31. The second kappa shape index (κ2) is 8.87. The molecule has 1 aromatic carbocycles. The SMILES string of the molecule is CCC1=NC(=O)NC(c2ccc(OC)c(Cl)c2)C1C(=O)CCC1CCCC1. The maximum Gasteiger partial charge on any atom is 0.341 e. The molecular weight excluding hydrogens is 364 g/mol. The number of aliphatic imine (C=N–C) groups is 1. The van der Waals surface area contributed by atoms with Crippen molar-refractivity contribution in [3.05, 3.63) is 28.8 Å². The van der Waals surface area contributed by atoms with Crippen LogP contribution in [0, 0.1) is 11.8 Å². The summed E-state index contributed by atoms with van der Waals surface area (Å²) in [5, 5.41) is 3.33. The minimum Gasteiger partial charge on any atom is -0.495 e. The van der Waals surface area contributed by atoms with Crippen LogP contribution in [0.1, 0.15) is 63.5 Å². The van der Waals surface area contributed by atoms with Gasteiger partial charge in [0.15, 0.2) is 0 Å². The van der Waals surface area contributed by atoms with E-state index >= 15 is 0 Å². The third-order valence-corrected chi connectivity index (χ3v) is 6.03. The van der Waals surface area contributed by atoms with Gasteiger partial charge in [-0.1, -0.05) is 50.3 Å². The molecule has 5 nitrogen and oxygen atoms in total. The van der Waals surface area contributed by atoms with Gasteiger partial charge in [0.2, 0.25) is 0 Å². The summed E-state index contributed by atoms with van der Waals surface area (Å²) in [6.07, 6.45) is 7.02. The molecule has 146 valence electrons. The van der Waals surface area contributed by atoms with Gasteiger partial charge in [0.05, 0.1) is 24.1 Å². The van der Waals surface area contributed by atoms with E-state index in [2.05, 4.69) is 10.3 Å². The van der Waals surface area contributed by atoms with Crippen LogP contribution in [0.2, 0.25) is 5.02 Å². The van der Waals surface area contributed by atoms with Crippen molar-refractivity contribution in [1.29, 1.82) is 0 Å². The van der Waals surface area contributed by atoms with Crippen molar-refractivity contribution in [2.75, 3.05) is 7.11 Å². The first-order valence-corrected chi connectivity index (χ1v) is 10.1. The summed E-state index contributed by atoms with van der Waals surface area (Å²) in [6.45, 7) is 1.94. The van der Waals surface area contributed by atoms with E-state index < -0.39 is 18.0 Å². The monoisotopic (exact) mass is 390 g/mol. The quantitative estimate of drug-likeness (QED) is 0.702. The molecule has 0 radical (unpaired) electrons. The van der Waals surface area contributed by atoms with Gasteiger partial charge >= 0.3 is 6.03 Å². The van der Waals surface area contributed by atoms with E-state index in [1.807, 2.05) is 13.0 Å². The average Bonchev–Trinajstić information content (AvgIpc) is 3.18. The second-order valence-corrected chi connectivity index (χ2v) is 7.82. The zero-order valence-electron chi connectivity index (χ0n) is 16.0. The van der Waals surface area contributed by atoms with E-state index in [0.29, 0.717) is 35.2 Å². The van der Waals surface area contributed by atoms with Crippen LogP contribution in [0.3, 0.4) is 0 Å². The number of hydrogen-bond acceptors (Lipinski definition) is 3. The molecule has 3 rings (SSSR count). The maximum atomic E-state index is 13.1. The number of ether oxygens (including phenoxy) is 1. The van der Waals surface area contributed by atoms with Gasteiger partial charge in [0, 0.05) is 12.1 Å². The van der Waals surface area contributed by atoms with Crippen LogP contribution in [0.25, 0.3) is 0 Å². The number of urea groups is 1. The van der Waals surface area contributed by atoms with Gasteiger partial charge in [0.1, 0.15) is 11.5 Å². The van der Waals surface area contributed by atoms with Crippen molar-refractivity contribution in [2.45, 2.75) is 57.9 Å². The van der Waals surface area contributed by atoms with Crippen LogP contribution < -0.4 is 10.1 Å². The van der Waals surface area contributed by atoms with Crippen LogP contribution in [-0.4, -0.2) is 24.6 Å². The molecule has 1 aliphatic carbocycles. The van der Waals surface area contributed by atoms with E-state index in [1.54, 1.807) is 19.2 Å². The number of ketones is 1. The predicted molar refractivity (Wildman–Crippen MR) is 107 cm³/mol. The standard InChI is InChI=1S/C21H27ClN2O3/c1-3-16-19(17(25)10-8-13-6-4-5-7-13)20(24-21(26)23-16)14-9-11-18(27-2)15(22)12-14/h9,11-13,19-20H,3-8,10H2,1-2H3,(H,24,26). The molecule has 0 spiro atoms. The number of hydrogen-bond donors (Lipinski definition) is 1. The number of rotatable bonds is 7. The number of nitrogens with one attached hydrogen (secondary N) is 1. The Bertz CT molecular complexity index is 741. The third kappa shape index (κ3) is 4.52. The highest BCUT2D eigenvalue weighted by Crippen LogP contribution is 2.35. The van der Waals surface area contributed by atoms with E-state index in [4.69, 9.17) is 16.3 Å². The predicted octanol–water partition coefficient (Wildman–Crippen LogP) is 5.12. The Labute approximate surface area is 165 Å². The first-order valence-electron chi connectivity index (χ1n) is 9.77. The smallest absolute Gasteiger partial charge is 0.341 e. The van der Waals surface area contributed by atoms with Crippen molar-refractivity contribution in [1.82, 2.24) is 5.32 Å². The highest BCUT2D eigenvalue weighted by Gasteiger charge is 2.37. The zero-order chi connectivity index (χ0) is 19.4. The van der Waals surface area contributed by atoms with Crippen LogP contribution in [0.4, 0.5) is 4.79 Å². The number of methoxy groups -OCH3 is 1. The molecule has 2 amide bonds. The highest BCUT2D eigenvalue weighted by atomic mass is 35.5. The van der Waals surface area contributed by atoms with Crippen molar-refractivity contribution >= 4 is 29.1 Å². The van der Waals surface area contributed by atoms with Crippen LogP contribution in [0.15, 0.2) is 23.2 Å². The molecule has 2 aliphatic rings. The molecule has 1 heterocycles. The van der Waals surface area contributed by atoms with Gasteiger partial charge in [-0.3, -0.25) is 4.79 Å². The lowest BCUT2D eigenvalue weighted by Crippen LogP contribution is -2.44. The van der Waals surface area contributed by atoms with Gasteiger partial charge in [-0.05, 0) is 36.5 Å². The van der Waals surface area contributed by atoms with Gasteiger partial charge in [-0.2, -0.15) is 0 Å². The minimum absolute atomic E-state index is 0.152. The molecule has 2 atom stereocenters. The maximum absolute atomic E-state index is 13.1. The van der Waals surface area contributed by atoms with Crippen molar-refractivity contribution < 1.29 is 14.3 Å². The zero-order valence-corrected chi connectivity index (χ0v) is 16.7. The Morgan fingerprint density at radius 1 is 1.33 bits per heavy atom. The molecular formula is C21H27ClN2O3. The van der Waals surface area contributed by atoms with Gasteiger partial charge in [-0.25, -0.2) is 9.79 Å². The Kier molecular flexibility index (Phi) is 6.53. The molecule has 1 aromatic rings. The van der Waals surface area contributed by atoms with E-state index in [9.17, 15) is 9.59 Å². The number of carbonyl (C=O) groups excluding carboxylic acids is 2. The first-order chi connectivity index (χ1) is 13.0. The molecule has 27 heavy (non-hydrogen) atoms. The minimum atomic E-state index is -0.440. The Hall–Kier alpha value is -1.88. The molecule has 1 aliphatic heterocycles. The lowest BCUT2D eigenvalue weighted by molar-refractivity contribution is -0.122. The summed E-state index contributed by atoms with van der Waals surface area (Å²) in [7, 11) is 1.56. The van der Waals surface area contributed by atoms with Gasteiger partial charge in [0.25, 0.3) is 0 Å². The van der Waals surface area contributed by atoms with Crippen molar-refractivity contribution in [3.8, 4) is 5.75 Å². The second-order valence-electron chi connectivity index (χ2n) is 7.41. The highest BCUT2D eigenvalue weighted by molar-refractivity contribution is 6.32. The van der Waals surface area contributed by atoms with Crippen LogP contribution >= 0.6 is 11.6 Å². The molecule has 6 heteroatoms. The first kappa shape index (κ1) is 19.9. The summed E-state index contributed by atoms with van der Waals surface area (Å²) in [6, 6.07) is 4.54. The molecule has 0 bridgehead atoms. The lowest BCUT2D eigenvalue weighted by atomic mass is 9.81. The fraction of sp³-hybridized carbons (Fsp3) is 0.571. The number of amides is 2. The van der Waals surface area contributed by atoms with E-state index in [1.165, 1.54) is 25.7 Å². The summed E-state index contributed by atoms with van der Waals surface area (Å²) in [5.74, 6) is 0.942. The van der Waals surface area contributed by atoms with E-state index in [-0.39, 0.29) is 5.78 Å². The molecule has 1 N–H and O–H groups in total. The number of benzene rings is 1. The normalized spacial score (nSPS) is 23.1. The third-order valence-electron chi connectivity index (χ3n) is 5.73. The molecule has 1 fully saturated rings. The molecule has 0 aromatic heterocycles. The number of nitrogens with zero attached hydrogens (tertiary/aromatic N) is 1. The fourth-order valence-corrected chi connectivity index (χ4v) is 4.53. The Balaban J connectivity index is 1.85. The number of halogens is 1. The fourth-order valence-electron chi connectivity index (χ4n) is 4.26. The van der Waals surface area contributed by atoms with Crippen molar-refractivity contribution in [2.24, 2.45) is 16.8 Å². The Morgan fingerprint density at radius 2 is 2.07 bits per heavy atom. The molecule has 0 saturated heterocycles. The Morgan fingerprint density at radius 3 is 2.70 bits per heavy atom. The topological polar surface area (TPSA) is 67.8 Å². The average molecular weight is 391 g/mol. The summed E-state index contributed by atoms with van der Waals surface area (Å²) in [4.78, 5) is 29.3. The van der Waals surface area contributed by atoms with E-state index in [0.717, 1.165) is 12.0 Å².